The highest BCUT2D eigenvalue weighted by Gasteiger charge is 2.53. The van der Waals surface area contributed by atoms with Gasteiger partial charge in [0.1, 0.15) is 5.82 Å². The molecule has 1 aromatic heterocycles. The van der Waals surface area contributed by atoms with Crippen LogP contribution in [0.5, 0.6) is 0 Å². The van der Waals surface area contributed by atoms with Crippen LogP contribution in [0.2, 0.25) is 0 Å². The summed E-state index contributed by atoms with van der Waals surface area (Å²) in [6.07, 6.45) is 6.66. The SMILES string of the molecule is CCC1(C)CC(C)(C(=O)O)CC(C)(C)C(=O)N(Cc2cccc(-n3nc(C(C)(C)C)cc3NC(=O)Nc3cccc4c3C=CCC4)c2)C1=O. The van der Waals surface area contributed by atoms with E-state index in [0.29, 0.717) is 23.5 Å². The topological polar surface area (TPSA) is 134 Å². The zero-order valence-electron chi connectivity index (χ0n) is 29.9. The Kier molecular flexibility index (Phi) is 9.40. The van der Waals surface area contributed by atoms with E-state index in [1.54, 1.807) is 32.4 Å². The normalized spacial score (nSPS) is 22.2. The summed E-state index contributed by atoms with van der Waals surface area (Å²) in [5.41, 5.74) is 1.35. The van der Waals surface area contributed by atoms with E-state index in [4.69, 9.17) is 5.10 Å². The third-order valence-electron chi connectivity index (χ3n) is 10.0. The van der Waals surface area contributed by atoms with E-state index >= 15 is 0 Å². The van der Waals surface area contributed by atoms with Crippen LogP contribution in [0.3, 0.4) is 0 Å². The molecule has 3 aromatic rings. The fourth-order valence-electron chi connectivity index (χ4n) is 7.25. The smallest absolute Gasteiger partial charge is 0.324 e. The third-order valence-corrected chi connectivity index (χ3v) is 10.0. The molecule has 2 atom stereocenters. The highest BCUT2D eigenvalue weighted by Crippen LogP contribution is 2.48. The molecule has 4 amide bonds. The molecule has 0 radical (unpaired) electrons. The van der Waals surface area contributed by atoms with Gasteiger partial charge in [-0.05, 0) is 68.4 Å². The van der Waals surface area contributed by atoms with Crippen molar-refractivity contribution in [3.8, 4) is 5.69 Å². The lowest BCUT2D eigenvalue weighted by Crippen LogP contribution is -2.55. The number of aliphatic carboxylic acids is 1. The van der Waals surface area contributed by atoms with Crippen LogP contribution in [0.4, 0.5) is 16.3 Å². The number of carbonyl (C=O) groups excluding carboxylic acids is 3. The number of urea groups is 1. The molecule has 0 saturated carbocycles. The van der Waals surface area contributed by atoms with Gasteiger partial charge in [0.2, 0.25) is 11.8 Å². The second-order valence-electron chi connectivity index (χ2n) is 15.9. The number of amides is 4. The van der Waals surface area contributed by atoms with Gasteiger partial charge in [-0.1, -0.05) is 84.9 Å². The molecule has 0 bridgehead atoms. The highest BCUT2D eigenvalue weighted by molar-refractivity contribution is 6.02. The van der Waals surface area contributed by atoms with Gasteiger partial charge in [-0.25, -0.2) is 9.48 Å². The van der Waals surface area contributed by atoms with E-state index in [1.165, 1.54) is 10.5 Å². The molecule has 1 aliphatic heterocycles. The second-order valence-corrected chi connectivity index (χ2v) is 15.9. The van der Waals surface area contributed by atoms with E-state index in [2.05, 4.69) is 22.8 Å². The van der Waals surface area contributed by atoms with Crippen LogP contribution in [0.1, 0.15) is 103 Å². The number of carboxylic acids is 1. The van der Waals surface area contributed by atoms with E-state index in [9.17, 15) is 24.3 Å². The molecule has 2 aromatic carbocycles. The maximum absolute atomic E-state index is 14.2. The maximum Gasteiger partial charge on any atom is 0.324 e. The van der Waals surface area contributed by atoms with Gasteiger partial charge in [-0.3, -0.25) is 24.6 Å². The predicted octanol–water partition coefficient (Wildman–Crippen LogP) is 7.96. The largest absolute Gasteiger partial charge is 0.481 e. The van der Waals surface area contributed by atoms with Crippen molar-refractivity contribution in [2.45, 2.75) is 99.5 Å². The minimum atomic E-state index is -1.23. The van der Waals surface area contributed by atoms with Crippen molar-refractivity contribution in [3.63, 3.8) is 0 Å². The molecule has 2 unspecified atom stereocenters. The quantitative estimate of drug-likeness (QED) is 0.219. The summed E-state index contributed by atoms with van der Waals surface area (Å²) >= 11 is 0. The third kappa shape index (κ3) is 7.19. The van der Waals surface area contributed by atoms with Crippen LogP contribution < -0.4 is 10.6 Å². The Labute approximate surface area is 289 Å². The number of nitrogens with zero attached hydrogens (tertiary/aromatic N) is 3. The molecule has 1 fully saturated rings. The summed E-state index contributed by atoms with van der Waals surface area (Å²) in [7, 11) is 0. The number of fused-ring (bicyclic) bond motifs is 1. The van der Waals surface area contributed by atoms with E-state index < -0.39 is 34.2 Å². The van der Waals surface area contributed by atoms with Gasteiger partial charge in [0.15, 0.2) is 0 Å². The van der Waals surface area contributed by atoms with Gasteiger partial charge in [0.25, 0.3) is 0 Å². The number of hydrogen-bond acceptors (Lipinski definition) is 5. The number of hydrogen-bond donors (Lipinski definition) is 3. The molecule has 10 nitrogen and oxygen atoms in total. The Hall–Kier alpha value is -4.73. The number of allylic oxidation sites excluding steroid dienone is 1. The average molecular weight is 668 g/mol. The molecule has 2 heterocycles. The highest BCUT2D eigenvalue weighted by atomic mass is 16.4. The first-order valence-electron chi connectivity index (χ1n) is 17.0. The fraction of sp³-hybridized carbons (Fsp3) is 0.462. The minimum absolute atomic E-state index is 0.0115. The molecule has 2 aliphatic rings. The second kappa shape index (κ2) is 12.9. The number of aromatic nitrogens is 2. The van der Waals surface area contributed by atoms with Crippen molar-refractivity contribution in [2.75, 3.05) is 10.6 Å². The van der Waals surface area contributed by atoms with Crippen molar-refractivity contribution < 1.29 is 24.3 Å². The van der Waals surface area contributed by atoms with Crippen molar-refractivity contribution in [1.29, 1.82) is 0 Å². The molecule has 5 rings (SSSR count). The van der Waals surface area contributed by atoms with Gasteiger partial charge >= 0.3 is 12.0 Å². The first kappa shape index (κ1) is 35.6. The standard InChI is InChI=1S/C39H49N5O5/c1-9-38(7)24-39(8,34(47)48)23-37(5,6)32(45)43(33(38)46)22-25-14-12-17-27(20-25)44-31(21-30(42-44)36(2,3)4)41-35(49)40-29-19-13-16-26-15-10-11-18-28(26)29/h11-14,16-21H,9-10,15,22-24H2,1-8H3,(H,47,48)(H2,40,41,49). The van der Waals surface area contributed by atoms with Crippen LogP contribution in [-0.2, 0) is 32.8 Å². The van der Waals surface area contributed by atoms with Crippen LogP contribution in [-0.4, -0.2) is 43.6 Å². The molecule has 0 spiro atoms. The average Bonchev–Trinajstić information content (AvgIpc) is 3.47. The Morgan fingerprint density at radius 3 is 2.35 bits per heavy atom. The number of rotatable bonds is 7. The lowest BCUT2D eigenvalue weighted by Gasteiger charge is -2.46. The molecule has 1 saturated heterocycles. The molecule has 3 N–H and O–H groups in total. The van der Waals surface area contributed by atoms with Crippen LogP contribution >= 0.6 is 0 Å². The molecule has 260 valence electrons. The Bertz CT molecular complexity index is 1830. The minimum Gasteiger partial charge on any atom is -0.481 e. The van der Waals surface area contributed by atoms with E-state index in [0.717, 1.165) is 29.8 Å². The van der Waals surface area contributed by atoms with Gasteiger partial charge in [-0.2, -0.15) is 5.10 Å². The van der Waals surface area contributed by atoms with Crippen molar-refractivity contribution >= 4 is 41.4 Å². The summed E-state index contributed by atoms with van der Waals surface area (Å²) in [4.78, 5) is 55.4. The zero-order chi connectivity index (χ0) is 35.9. The summed E-state index contributed by atoms with van der Waals surface area (Å²) in [5, 5.41) is 21.0. The summed E-state index contributed by atoms with van der Waals surface area (Å²) in [5.74, 6) is -1.32. The first-order valence-corrected chi connectivity index (χ1v) is 17.0. The molecule has 49 heavy (non-hydrogen) atoms. The maximum atomic E-state index is 14.2. The number of likely N-dealkylation sites (tertiary alicyclic amines) is 1. The molecule has 1 aliphatic carbocycles. The van der Waals surface area contributed by atoms with Crippen molar-refractivity contribution in [1.82, 2.24) is 14.7 Å². The van der Waals surface area contributed by atoms with Gasteiger partial charge in [0.05, 0.1) is 23.3 Å². The fourth-order valence-corrected chi connectivity index (χ4v) is 7.25. The van der Waals surface area contributed by atoms with Crippen LogP contribution in [0.15, 0.2) is 54.6 Å². The van der Waals surface area contributed by atoms with Gasteiger partial charge in [-0.15, -0.1) is 0 Å². The summed E-state index contributed by atoms with van der Waals surface area (Å²) < 4.78 is 1.67. The lowest BCUT2D eigenvalue weighted by atomic mass is 9.62. The summed E-state index contributed by atoms with van der Waals surface area (Å²) in [6, 6.07) is 14.7. The molecule has 10 heteroatoms. The van der Waals surface area contributed by atoms with Gasteiger partial charge < -0.3 is 10.4 Å². The summed E-state index contributed by atoms with van der Waals surface area (Å²) in [6.45, 7) is 14.8. The number of imide groups is 1. The monoisotopic (exact) mass is 667 g/mol. The number of benzene rings is 2. The number of nitrogens with one attached hydrogen (secondary N) is 2. The predicted molar refractivity (Wildman–Crippen MR) is 191 cm³/mol. The molecular weight excluding hydrogens is 618 g/mol. The Morgan fingerprint density at radius 1 is 0.959 bits per heavy atom. The van der Waals surface area contributed by atoms with Crippen LogP contribution in [0, 0.1) is 16.2 Å². The first-order chi connectivity index (χ1) is 22.9. The number of aryl methyl sites for hydroxylation is 1. The van der Waals surface area contributed by atoms with E-state index in [1.807, 2.05) is 76.2 Å². The van der Waals surface area contributed by atoms with E-state index in [-0.39, 0.29) is 30.7 Å². The lowest BCUT2D eigenvalue weighted by molar-refractivity contribution is -0.168. The Morgan fingerprint density at radius 2 is 1.67 bits per heavy atom. The van der Waals surface area contributed by atoms with Crippen molar-refractivity contribution in [3.05, 3.63) is 77.0 Å². The molecular formula is C39H49N5O5. The Balaban J connectivity index is 1.47. The van der Waals surface area contributed by atoms with Gasteiger partial charge in [0, 0.05) is 33.6 Å². The number of carboxylic acid groups (broad SMARTS) is 1. The van der Waals surface area contributed by atoms with Crippen molar-refractivity contribution in [2.24, 2.45) is 16.2 Å². The zero-order valence-corrected chi connectivity index (χ0v) is 29.9. The number of anilines is 2. The number of carbonyl (C=O) groups is 4. The van der Waals surface area contributed by atoms with Crippen LogP contribution in [0.25, 0.3) is 11.8 Å².